The zero-order valence-electron chi connectivity index (χ0n) is 11.4. The van der Waals surface area contributed by atoms with Gasteiger partial charge in [0.25, 0.3) is 0 Å². The third-order valence-electron chi connectivity index (χ3n) is 2.92. The van der Waals surface area contributed by atoms with Crippen molar-refractivity contribution in [2.75, 3.05) is 11.2 Å². The molecule has 2 rings (SSSR count). The van der Waals surface area contributed by atoms with Crippen molar-refractivity contribution >= 4 is 23.3 Å². The van der Waals surface area contributed by atoms with Crippen LogP contribution < -0.4 is 5.32 Å². The van der Waals surface area contributed by atoms with Gasteiger partial charge in [-0.25, -0.2) is 4.68 Å². The molecule has 0 unspecified atom stereocenters. The number of hydrogen-bond donors (Lipinski definition) is 1. The standard InChI is InChI=1S/C15H15ClN4O/c16-9-4-3-7-15(21)18-14-8-10-20(19-14)13-6-2-1-5-12(13)11-17/h1-2,5-6,8,10H,3-4,7,9H2,(H,18,19,21). The van der Waals surface area contributed by atoms with Crippen LogP contribution >= 0.6 is 11.6 Å². The van der Waals surface area contributed by atoms with Crippen LogP contribution in [0.5, 0.6) is 0 Å². The van der Waals surface area contributed by atoms with Crippen molar-refractivity contribution in [1.82, 2.24) is 9.78 Å². The fraction of sp³-hybridized carbons (Fsp3) is 0.267. The first-order valence-electron chi connectivity index (χ1n) is 6.65. The number of unbranched alkanes of at least 4 members (excludes halogenated alkanes) is 1. The smallest absolute Gasteiger partial charge is 0.225 e. The molecule has 6 heteroatoms. The largest absolute Gasteiger partial charge is 0.309 e. The minimum absolute atomic E-state index is 0.0843. The summed E-state index contributed by atoms with van der Waals surface area (Å²) in [7, 11) is 0. The van der Waals surface area contributed by atoms with Crippen molar-refractivity contribution in [3.63, 3.8) is 0 Å². The number of benzene rings is 1. The monoisotopic (exact) mass is 302 g/mol. The quantitative estimate of drug-likeness (QED) is 0.658. The maximum atomic E-state index is 11.7. The van der Waals surface area contributed by atoms with Crippen molar-refractivity contribution in [3.8, 4) is 11.8 Å². The molecule has 0 radical (unpaired) electrons. The van der Waals surface area contributed by atoms with Crippen LogP contribution in [0.15, 0.2) is 36.5 Å². The van der Waals surface area contributed by atoms with Gasteiger partial charge in [-0.15, -0.1) is 11.6 Å². The molecule has 0 aliphatic carbocycles. The van der Waals surface area contributed by atoms with E-state index in [-0.39, 0.29) is 5.91 Å². The maximum Gasteiger partial charge on any atom is 0.225 e. The number of nitrogens with one attached hydrogen (secondary N) is 1. The van der Waals surface area contributed by atoms with E-state index >= 15 is 0 Å². The van der Waals surface area contributed by atoms with Gasteiger partial charge in [0.15, 0.2) is 5.82 Å². The molecule has 0 bridgehead atoms. The number of carbonyl (C=O) groups excluding carboxylic acids is 1. The van der Waals surface area contributed by atoms with E-state index in [0.29, 0.717) is 29.4 Å². The second kappa shape index (κ2) is 7.46. The normalized spacial score (nSPS) is 10.1. The SMILES string of the molecule is N#Cc1ccccc1-n1ccc(NC(=O)CCCCCl)n1. The molecular weight excluding hydrogens is 288 g/mol. The predicted molar refractivity (Wildman–Crippen MR) is 81.5 cm³/mol. The van der Waals surface area contributed by atoms with Crippen LogP contribution in [-0.2, 0) is 4.79 Å². The Balaban J connectivity index is 2.05. The summed E-state index contributed by atoms with van der Waals surface area (Å²) in [5.74, 6) is 0.949. The van der Waals surface area contributed by atoms with E-state index in [2.05, 4.69) is 16.5 Å². The Kier molecular flexibility index (Phi) is 5.35. The molecule has 2 aromatic rings. The minimum Gasteiger partial charge on any atom is -0.309 e. The second-order valence-electron chi connectivity index (χ2n) is 4.47. The van der Waals surface area contributed by atoms with E-state index in [4.69, 9.17) is 16.9 Å². The Bertz CT molecular complexity index is 660. The summed E-state index contributed by atoms with van der Waals surface area (Å²) in [6.45, 7) is 0. The predicted octanol–water partition coefficient (Wildman–Crippen LogP) is 3.09. The molecule has 5 nitrogen and oxygen atoms in total. The molecule has 0 aliphatic heterocycles. The lowest BCUT2D eigenvalue weighted by Gasteiger charge is -2.04. The van der Waals surface area contributed by atoms with E-state index in [9.17, 15) is 4.79 Å². The van der Waals surface area contributed by atoms with E-state index in [1.807, 2.05) is 6.07 Å². The number of aromatic nitrogens is 2. The van der Waals surface area contributed by atoms with Crippen LogP contribution in [-0.4, -0.2) is 21.6 Å². The average molecular weight is 303 g/mol. The average Bonchev–Trinajstić information content (AvgIpc) is 2.95. The fourth-order valence-corrected chi connectivity index (χ4v) is 2.07. The van der Waals surface area contributed by atoms with E-state index < -0.39 is 0 Å². The van der Waals surface area contributed by atoms with Gasteiger partial charge in [-0.1, -0.05) is 12.1 Å². The van der Waals surface area contributed by atoms with Crippen LogP contribution in [0.1, 0.15) is 24.8 Å². The molecule has 0 fully saturated rings. The van der Waals surface area contributed by atoms with E-state index in [1.54, 1.807) is 35.1 Å². The summed E-state index contributed by atoms with van der Waals surface area (Å²) in [5, 5.41) is 16.1. The van der Waals surface area contributed by atoms with E-state index in [0.717, 1.165) is 12.8 Å². The molecule has 0 spiro atoms. The third-order valence-corrected chi connectivity index (χ3v) is 3.18. The van der Waals surface area contributed by atoms with Gasteiger partial charge in [-0.05, 0) is 25.0 Å². The molecular formula is C15H15ClN4O. The molecule has 1 N–H and O–H groups in total. The Hall–Kier alpha value is -2.32. The topological polar surface area (TPSA) is 70.7 Å². The molecule has 21 heavy (non-hydrogen) atoms. The number of para-hydroxylation sites is 1. The second-order valence-corrected chi connectivity index (χ2v) is 4.85. The van der Waals surface area contributed by atoms with Crippen molar-refractivity contribution in [2.45, 2.75) is 19.3 Å². The number of alkyl halides is 1. The molecule has 0 atom stereocenters. The van der Waals surface area contributed by atoms with Gasteiger partial charge in [0, 0.05) is 24.6 Å². The first kappa shape index (κ1) is 15.1. The van der Waals surface area contributed by atoms with Gasteiger partial charge in [-0.2, -0.15) is 10.4 Å². The lowest BCUT2D eigenvalue weighted by atomic mass is 10.2. The maximum absolute atomic E-state index is 11.7. The zero-order valence-corrected chi connectivity index (χ0v) is 12.2. The highest BCUT2D eigenvalue weighted by atomic mass is 35.5. The number of halogens is 1. The Morgan fingerprint density at radius 1 is 1.33 bits per heavy atom. The Morgan fingerprint density at radius 2 is 2.14 bits per heavy atom. The molecule has 108 valence electrons. The molecule has 1 amide bonds. The van der Waals surface area contributed by atoms with Crippen molar-refractivity contribution in [3.05, 3.63) is 42.1 Å². The lowest BCUT2D eigenvalue weighted by Crippen LogP contribution is -2.12. The minimum atomic E-state index is -0.0843. The number of rotatable bonds is 6. The Morgan fingerprint density at radius 3 is 2.90 bits per heavy atom. The van der Waals surface area contributed by atoms with Gasteiger partial charge in [-0.3, -0.25) is 4.79 Å². The van der Waals surface area contributed by atoms with Crippen LogP contribution in [0.25, 0.3) is 5.69 Å². The molecule has 0 saturated carbocycles. The summed E-state index contributed by atoms with van der Waals surface area (Å²) in [6, 6.07) is 11.0. The van der Waals surface area contributed by atoms with Crippen molar-refractivity contribution in [1.29, 1.82) is 5.26 Å². The summed E-state index contributed by atoms with van der Waals surface area (Å²) in [5.41, 5.74) is 1.21. The van der Waals surface area contributed by atoms with Gasteiger partial charge >= 0.3 is 0 Å². The van der Waals surface area contributed by atoms with Crippen molar-refractivity contribution in [2.24, 2.45) is 0 Å². The molecule has 1 aromatic heterocycles. The molecule has 0 aliphatic rings. The number of anilines is 1. The molecule has 1 aromatic carbocycles. The molecule has 1 heterocycles. The third kappa shape index (κ3) is 4.07. The van der Waals surface area contributed by atoms with Crippen molar-refractivity contribution < 1.29 is 4.79 Å². The Labute approximate surface area is 128 Å². The zero-order chi connectivity index (χ0) is 15.1. The first-order valence-corrected chi connectivity index (χ1v) is 7.19. The van der Waals surface area contributed by atoms with Crippen LogP contribution in [0, 0.1) is 11.3 Å². The highest BCUT2D eigenvalue weighted by Gasteiger charge is 2.08. The van der Waals surface area contributed by atoms with Crippen LogP contribution in [0.4, 0.5) is 5.82 Å². The number of nitriles is 1. The lowest BCUT2D eigenvalue weighted by molar-refractivity contribution is -0.116. The first-order chi connectivity index (χ1) is 10.2. The summed E-state index contributed by atoms with van der Waals surface area (Å²) in [4.78, 5) is 11.7. The fourth-order valence-electron chi connectivity index (χ4n) is 1.88. The van der Waals surface area contributed by atoms with Crippen LogP contribution in [0.3, 0.4) is 0 Å². The summed E-state index contributed by atoms with van der Waals surface area (Å²) in [6.07, 6.45) is 3.71. The summed E-state index contributed by atoms with van der Waals surface area (Å²) >= 11 is 5.57. The highest BCUT2D eigenvalue weighted by Crippen LogP contribution is 2.15. The molecule has 0 saturated heterocycles. The van der Waals surface area contributed by atoms with Gasteiger partial charge in [0.05, 0.1) is 11.3 Å². The van der Waals surface area contributed by atoms with Crippen LogP contribution in [0.2, 0.25) is 0 Å². The van der Waals surface area contributed by atoms with Gasteiger partial charge in [0.2, 0.25) is 5.91 Å². The highest BCUT2D eigenvalue weighted by molar-refractivity contribution is 6.17. The summed E-state index contributed by atoms with van der Waals surface area (Å²) < 4.78 is 1.58. The number of amides is 1. The van der Waals surface area contributed by atoms with Gasteiger partial charge in [0.1, 0.15) is 6.07 Å². The number of carbonyl (C=O) groups is 1. The van der Waals surface area contributed by atoms with E-state index in [1.165, 1.54) is 0 Å². The van der Waals surface area contributed by atoms with Gasteiger partial charge < -0.3 is 5.32 Å². The number of nitrogens with zero attached hydrogens (tertiary/aromatic N) is 3. The number of hydrogen-bond acceptors (Lipinski definition) is 3.